The first kappa shape index (κ1) is 10.5. The number of rotatable bonds is 4. The Balaban J connectivity index is 2.54. The Kier molecular flexibility index (Phi) is 3.94. The van der Waals surface area contributed by atoms with Crippen LogP contribution in [0.5, 0.6) is 5.75 Å². The van der Waals surface area contributed by atoms with Gasteiger partial charge in [0.05, 0.1) is 0 Å². The smallest absolute Gasteiger partial charge is 0.221 e. The van der Waals surface area contributed by atoms with Gasteiger partial charge in [-0.25, -0.2) is 0 Å². The molecule has 1 aromatic rings. The summed E-state index contributed by atoms with van der Waals surface area (Å²) in [4.78, 5) is 10.7. The average molecular weight is 195 g/mol. The summed E-state index contributed by atoms with van der Waals surface area (Å²) in [5.74, 6) is 0.622. The highest BCUT2D eigenvalue weighted by molar-refractivity contribution is 5.88. The van der Waals surface area contributed by atoms with Gasteiger partial charge in [0.2, 0.25) is 5.91 Å². The molecule has 1 rings (SSSR count). The molecule has 1 amide bonds. The maximum Gasteiger partial charge on any atom is 0.221 e. The van der Waals surface area contributed by atoms with Gasteiger partial charge in [-0.3, -0.25) is 4.79 Å². The molecule has 0 aromatic heterocycles. The number of ether oxygens (including phenoxy) is 2. The number of nitrogens with one attached hydrogen (secondary N) is 1. The summed E-state index contributed by atoms with van der Waals surface area (Å²) in [6.07, 6.45) is 0. The van der Waals surface area contributed by atoms with E-state index >= 15 is 0 Å². The second-order valence-electron chi connectivity index (χ2n) is 2.76. The molecule has 0 unspecified atom stereocenters. The van der Waals surface area contributed by atoms with Gasteiger partial charge in [-0.1, -0.05) is 0 Å². The van der Waals surface area contributed by atoms with Gasteiger partial charge in [0, 0.05) is 19.7 Å². The number of carbonyl (C=O) groups excluding carboxylic acids is 1. The minimum absolute atomic E-state index is 0.0874. The lowest BCUT2D eigenvalue weighted by atomic mass is 10.3. The van der Waals surface area contributed by atoms with Gasteiger partial charge in [-0.2, -0.15) is 0 Å². The van der Waals surface area contributed by atoms with Crippen LogP contribution in [0.3, 0.4) is 0 Å². The van der Waals surface area contributed by atoms with Crippen molar-refractivity contribution in [3.05, 3.63) is 24.3 Å². The molecule has 0 aliphatic carbocycles. The van der Waals surface area contributed by atoms with E-state index < -0.39 is 0 Å². The zero-order valence-corrected chi connectivity index (χ0v) is 8.24. The molecule has 0 heterocycles. The van der Waals surface area contributed by atoms with Gasteiger partial charge in [0.25, 0.3) is 0 Å². The minimum atomic E-state index is -0.0874. The number of anilines is 1. The highest BCUT2D eigenvalue weighted by atomic mass is 16.7. The van der Waals surface area contributed by atoms with E-state index in [-0.39, 0.29) is 12.7 Å². The average Bonchev–Trinajstić information content (AvgIpc) is 2.16. The van der Waals surface area contributed by atoms with Crippen molar-refractivity contribution >= 4 is 11.6 Å². The summed E-state index contributed by atoms with van der Waals surface area (Å²) in [6, 6.07) is 7.08. The predicted molar refractivity (Wildman–Crippen MR) is 53.2 cm³/mol. The van der Waals surface area contributed by atoms with E-state index in [0.717, 1.165) is 5.69 Å². The first-order chi connectivity index (χ1) is 6.72. The molecular weight excluding hydrogens is 182 g/mol. The van der Waals surface area contributed by atoms with Crippen molar-refractivity contribution in [2.75, 3.05) is 19.2 Å². The second kappa shape index (κ2) is 5.24. The third-order valence-corrected chi connectivity index (χ3v) is 1.52. The maximum atomic E-state index is 10.7. The Bertz CT molecular complexity index is 295. The molecule has 14 heavy (non-hydrogen) atoms. The van der Waals surface area contributed by atoms with E-state index in [1.165, 1.54) is 6.92 Å². The number of benzene rings is 1. The van der Waals surface area contributed by atoms with Crippen molar-refractivity contribution in [2.24, 2.45) is 0 Å². The molecule has 0 bridgehead atoms. The number of hydrogen-bond donors (Lipinski definition) is 1. The van der Waals surface area contributed by atoms with Crippen LogP contribution in [0.15, 0.2) is 24.3 Å². The molecule has 0 saturated heterocycles. The number of carbonyl (C=O) groups is 1. The Morgan fingerprint density at radius 1 is 1.36 bits per heavy atom. The maximum absolute atomic E-state index is 10.7. The topological polar surface area (TPSA) is 47.6 Å². The summed E-state index contributed by atoms with van der Waals surface area (Å²) in [5.41, 5.74) is 0.752. The number of methoxy groups -OCH3 is 1. The summed E-state index contributed by atoms with van der Waals surface area (Å²) in [7, 11) is 1.56. The van der Waals surface area contributed by atoms with Crippen LogP contribution < -0.4 is 10.1 Å². The van der Waals surface area contributed by atoms with E-state index in [2.05, 4.69) is 5.32 Å². The van der Waals surface area contributed by atoms with E-state index in [1.807, 2.05) is 0 Å². The van der Waals surface area contributed by atoms with Gasteiger partial charge >= 0.3 is 0 Å². The zero-order chi connectivity index (χ0) is 10.4. The normalized spacial score (nSPS) is 9.57. The lowest BCUT2D eigenvalue weighted by molar-refractivity contribution is -0.114. The molecule has 1 aromatic carbocycles. The van der Waals surface area contributed by atoms with Gasteiger partial charge in [0.15, 0.2) is 6.79 Å². The van der Waals surface area contributed by atoms with Crippen LogP contribution in [0.25, 0.3) is 0 Å². The molecule has 0 aliphatic heterocycles. The fraction of sp³-hybridized carbons (Fsp3) is 0.300. The summed E-state index contributed by atoms with van der Waals surface area (Å²) < 4.78 is 9.93. The number of hydrogen-bond acceptors (Lipinski definition) is 3. The summed E-state index contributed by atoms with van der Waals surface area (Å²) in [5, 5.41) is 2.66. The van der Waals surface area contributed by atoms with Crippen molar-refractivity contribution in [2.45, 2.75) is 6.92 Å². The Morgan fingerprint density at radius 2 is 2.00 bits per heavy atom. The monoisotopic (exact) mass is 195 g/mol. The fourth-order valence-electron chi connectivity index (χ4n) is 0.965. The predicted octanol–water partition coefficient (Wildman–Crippen LogP) is 1.63. The van der Waals surface area contributed by atoms with Crippen LogP contribution in [-0.4, -0.2) is 19.8 Å². The largest absolute Gasteiger partial charge is 0.468 e. The van der Waals surface area contributed by atoms with E-state index in [0.29, 0.717) is 5.75 Å². The van der Waals surface area contributed by atoms with Crippen LogP contribution >= 0.6 is 0 Å². The Morgan fingerprint density at radius 3 is 2.50 bits per heavy atom. The molecule has 0 radical (unpaired) electrons. The standard InChI is InChI=1S/C10H13NO3/c1-8(12)11-9-3-5-10(6-4-9)14-7-13-2/h3-6H,7H2,1-2H3,(H,11,12). The molecule has 1 N–H and O–H groups in total. The minimum Gasteiger partial charge on any atom is -0.468 e. The van der Waals surface area contributed by atoms with E-state index in [4.69, 9.17) is 9.47 Å². The highest BCUT2D eigenvalue weighted by Gasteiger charge is 1.96. The lowest BCUT2D eigenvalue weighted by Gasteiger charge is -2.05. The third-order valence-electron chi connectivity index (χ3n) is 1.52. The second-order valence-corrected chi connectivity index (χ2v) is 2.76. The molecular formula is C10H13NO3. The van der Waals surface area contributed by atoms with Gasteiger partial charge in [-0.05, 0) is 24.3 Å². The molecule has 0 atom stereocenters. The highest BCUT2D eigenvalue weighted by Crippen LogP contribution is 2.15. The van der Waals surface area contributed by atoms with Crippen LogP contribution in [-0.2, 0) is 9.53 Å². The molecule has 0 saturated carbocycles. The van der Waals surface area contributed by atoms with Crippen molar-refractivity contribution in [3.8, 4) is 5.75 Å². The molecule has 0 aliphatic rings. The molecule has 76 valence electrons. The van der Waals surface area contributed by atoms with E-state index in [9.17, 15) is 4.79 Å². The van der Waals surface area contributed by atoms with Crippen molar-refractivity contribution in [3.63, 3.8) is 0 Å². The SMILES string of the molecule is COCOc1ccc(NC(C)=O)cc1. The number of amides is 1. The van der Waals surface area contributed by atoms with Gasteiger partial charge < -0.3 is 14.8 Å². The molecule has 0 fully saturated rings. The lowest BCUT2D eigenvalue weighted by Crippen LogP contribution is -2.05. The Hall–Kier alpha value is -1.55. The third kappa shape index (κ3) is 3.45. The molecule has 4 nitrogen and oxygen atoms in total. The fourth-order valence-corrected chi connectivity index (χ4v) is 0.965. The van der Waals surface area contributed by atoms with Crippen LogP contribution in [0.2, 0.25) is 0 Å². The first-order valence-corrected chi connectivity index (χ1v) is 4.22. The Labute approximate surface area is 82.8 Å². The van der Waals surface area contributed by atoms with Crippen LogP contribution in [0, 0.1) is 0 Å². The summed E-state index contributed by atoms with van der Waals surface area (Å²) >= 11 is 0. The zero-order valence-electron chi connectivity index (χ0n) is 8.24. The van der Waals surface area contributed by atoms with Crippen molar-refractivity contribution < 1.29 is 14.3 Å². The van der Waals surface area contributed by atoms with Crippen LogP contribution in [0.4, 0.5) is 5.69 Å². The van der Waals surface area contributed by atoms with Gasteiger partial charge in [-0.15, -0.1) is 0 Å². The quantitative estimate of drug-likeness (QED) is 0.743. The van der Waals surface area contributed by atoms with Crippen molar-refractivity contribution in [1.29, 1.82) is 0 Å². The first-order valence-electron chi connectivity index (χ1n) is 4.22. The van der Waals surface area contributed by atoms with Gasteiger partial charge in [0.1, 0.15) is 5.75 Å². The molecule has 0 spiro atoms. The molecule has 4 heteroatoms. The van der Waals surface area contributed by atoms with E-state index in [1.54, 1.807) is 31.4 Å². The van der Waals surface area contributed by atoms with Crippen molar-refractivity contribution in [1.82, 2.24) is 0 Å². The van der Waals surface area contributed by atoms with Crippen LogP contribution in [0.1, 0.15) is 6.92 Å². The summed E-state index contributed by atoms with van der Waals surface area (Å²) in [6.45, 7) is 1.69.